The van der Waals surface area contributed by atoms with Crippen molar-refractivity contribution in [3.63, 3.8) is 0 Å². The lowest BCUT2D eigenvalue weighted by molar-refractivity contribution is -0.140. The second kappa shape index (κ2) is 6.74. The molecule has 0 radical (unpaired) electrons. The highest BCUT2D eigenvalue weighted by molar-refractivity contribution is 5.76. The van der Waals surface area contributed by atoms with Gasteiger partial charge < -0.3 is 20.2 Å². The average molecular weight is 281 g/mol. The fourth-order valence-corrected chi connectivity index (χ4v) is 2.66. The van der Waals surface area contributed by atoms with Crippen LogP contribution >= 0.6 is 0 Å². The van der Waals surface area contributed by atoms with Crippen LogP contribution in [0.15, 0.2) is 12.2 Å². The lowest BCUT2D eigenvalue weighted by Gasteiger charge is -2.23. The number of nitrogens with one attached hydrogen (secondary N) is 1. The molecular weight excluding hydrogens is 258 g/mol. The minimum atomic E-state index is -0.833. The molecule has 6 heteroatoms. The van der Waals surface area contributed by atoms with Gasteiger partial charge >= 0.3 is 12.0 Å². The molecule has 0 spiro atoms. The molecule has 2 rings (SSSR count). The van der Waals surface area contributed by atoms with Crippen LogP contribution in [0.1, 0.15) is 19.3 Å². The normalized spacial score (nSPS) is 25.9. The third-order valence-corrected chi connectivity index (χ3v) is 4.01. The summed E-state index contributed by atoms with van der Waals surface area (Å²) in [6.07, 6.45) is 6.36. The second-order valence-electron chi connectivity index (χ2n) is 5.59. The fraction of sp³-hybridized carbons (Fsp3) is 0.714. The number of amides is 2. The minimum absolute atomic E-state index is 0.134. The number of rotatable bonds is 5. The number of hydrogen-bond acceptors (Lipinski definition) is 3. The molecule has 2 amide bonds. The van der Waals surface area contributed by atoms with Gasteiger partial charge in [-0.15, -0.1) is 0 Å². The number of likely N-dealkylation sites (tertiary alicyclic amines) is 1. The zero-order chi connectivity index (χ0) is 14.5. The quantitative estimate of drug-likeness (QED) is 0.730. The van der Waals surface area contributed by atoms with E-state index in [1.54, 1.807) is 24.1 Å². The van der Waals surface area contributed by atoms with Crippen molar-refractivity contribution in [2.75, 3.05) is 33.2 Å². The molecule has 1 fully saturated rings. The van der Waals surface area contributed by atoms with Crippen molar-refractivity contribution >= 4 is 12.0 Å². The maximum absolute atomic E-state index is 12.0. The summed E-state index contributed by atoms with van der Waals surface area (Å²) in [4.78, 5) is 26.9. The van der Waals surface area contributed by atoms with Crippen LogP contribution in [0.4, 0.5) is 4.79 Å². The molecule has 0 bridgehead atoms. The van der Waals surface area contributed by atoms with E-state index >= 15 is 0 Å². The molecule has 0 aromatic rings. The van der Waals surface area contributed by atoms with Crippen molar-refractivity contribution in [2.45, 2.75) is 25.3 Å². The molecule has 1 heterocycles. The first-order valence-electron chi connectivity index (χ1n) is 7.21. The summed E-state index contributed by atoms with van der Waals surface area (Å²) in [5, 5.41) is 11.8. The van der Waals surface area contributed by atoms with E-state index in [0.29, 0.717) is 13.0 Å². The number of carboxylic acid groups (broad SMARTS) is 1. The molecule has 0 saturated carbocycles. The van der Waals surface area contributed by atoms with Gasteiger partial charge in [-0.05, 0) is 32.4 Å². The van der Waals surface area contributed by atoms with Crippen LogP contribution in [-0.4, -0.2) is 66.2 Å². The number of urea groups is 1. The maximum atomic E-state index is 12.0. The van der Waals surface area contributed by atoms with Crippen molar-refractivity contribution in [1.29, 1.82) is 0 Å². The number of carboxylic acids is 1. The van der Waals surface area contributed by atoms with Crippen molar-refractivity contribution in [2.24, 2.45) is 5.92 Å². The molecule has 0 aromatic heterocycles. The van der Waals surface area contributed by atoms with Crippen LogP contribution in [0.3, 0.4) is 0 Å². The first kappa shape index (κ1) is 14.8. The van der Waals surface area contributed by atoms with E-state index in [2.05, 4.69) is 10.2 Å². The van der Waals surface area contributed by atoms with Gasteiger partial charge in [-0.2, -0.15) is 0 Å². The zero-order valence-corrected chi connectivity index (χ0v) is 11.9. The summed E-state index contributed by atoms with van der Waals surface area (Å²) in [6.45, 7) is 3.86. The van der Waals surface area contributed by atoms with Gasteiger partial charge in [0.1, 0.15) is 0 Å². The Morgan fingerprint density at radius 1 is 1.35 bits per heavy atom. The molecule has 2 aliphatic rings. The Morgan fingerprint density at radius 2 is 2.05 bits per heavy atom. The smallest absolute Gasteiger partial charge is 0.317 e. The monoisotopic (exact) mass is 281 g/mol. The Hall–Kier alpha value is -1.56. The Balaban J connectivity index is 1.69. The Labute approximate surface area is 119 Å². The van der Waals surface area contributed by atoms with Crippen LogP contribution in [0.5, 0.6) is 0 Å². The van der Waals surface area contributed by atoms with E-state index in [4.69, 9.17) is 5.11 Å². The summed E-state index contributed by atoms with van der Waals surface area (Å²) >= 11 is 0. The lowest BCUT2D eigenvalue weighted by atomic mass is 10.1. The Morgan fingerprint density at radius 3 is 2.65 bits per heavy atom. The molecule has 1 aliphatic carbocycles. The number of carbonyl (C=O) groups is 2. The molecule has 1 saturated heterocycles. The van der Waals surface area contributed by atoms with E-state index in [-0.39, 0.29) is 12.1 Å². The van der Waals surface area contributed by atoms with Gasteiger partial charge in [-0.25, -0.2) is 4.79 Å². The number of carbonyl (C=O) groups excluding carboxylic acids is 1. The standard InChI is InChI=1S/C14H23N3O3/c1-16(8-9-17-6-2-3-7-17)14(20)15-12-5-4-11(10-12)13(18)19/h4-5,11-12H,2-3,6-10H2,1H3,(H,15,20)(H,18,19). The minimum Gasteiger partial charge on any atom is -0.481 e. The van der Waals surface area contributed by atoms with Gasteiger partial charge in [0.05, 0.1) is 12.0 Å². The van der Waals surface area contributed by atoms with Gasteiger partial charge in [-0.3, -0.25) is 4.79 Å². The SMILES string of the molecule is CN(CCN1CCCC1)C(=O)NC1C=CC(C(=O)O)C1. The number of hydrogen-bond donors (Lipinski definition) is 2. The van der Waals surface area contributed by atoms with Gasteiger partial charge in [0.2, 0.25) is 0 Å². The van der Waals surface area contributed by atoms with E-state index in [1.807, 2.05) is 0 Å². The van der Waals surface area contributed by atoms with Crippen LogP contribution in [0.2, 0.25) is 0 Å². The summed E-state index contributed by atoms with van der Waals surface area (Å²) in [6, 6.07) is -0.303. The van der Waals surface area contributed by atoms with Crippen LogP contribution < -0.4 is 5.32 Å². The summed E-state index contributed by atoms with van der Waals surface area (Å²) in [5.74, 6) is -1.31. The van der Waals surface area contributed by atoms with Gasteiger partial charge in [-0.1, -0.05) is 12.2 Å². The Kier molecular flexibility index (Phi) is 5.00. The predicted molar refractivity (Wildman–Crippen MR) is 75.5 cm³/mol. The summed E-state index contributed by atoms with van der Waals surface area (Å²) in [7, 11) is 1.78. The predicted octanol–water partition coefficient (Wildman–Crippen LogP) is 0.753. The number of likely N-dealkylation sites (N-methyl/N-ethyl adjacent to an activating group) is 1. The van der Waals surface area contributed by atoms with Crippen molar-refractivity contribution in [3.8, 4) is 0 Å². The number of aliphatic carboxylic acids is 1. The van der Waals surface area contributed by atoms with Crippen LogP contribution in [-0.2, 0) is 4.79 Å². The topological polar surface area (TPSA) is 72.9 Å². The zero-order valence-electron chi connectivity index (χ0n) is 11.9. The highest BCUT2D eigenvalue weighted by atomic mass is 16.4. The van der Waals surface area contributed by atoms with Crippen molar-refractivity contribution < 1.29 is 14.7 Å². The van der Waals surface area contributed by atoms with E-state index in [9.17, 15) is 9.59 Å². The molecular formula is C14H23N3O3. The van der Waals surface area contributed by atoms with Gasteiger partial charge in [0.15, 0.2) is 0 Å². The molecule has 1 aliphatic heterocycles. The lowest BCUT2D eigenvalue weighted by Crippen LogP contribution is -2.44. The van der Waals surface area contributed by atoms with E-state index < -0.39 is 11.9 Å². The fourth-order valence-electron chi connectivity index (χ4n) is 2.66. The van der Waals surface area contributed by atoms with Crippen molar-refractivity contribution in [3.05, 3.63) is 12.2 Å². The third-order valence-electron chi connectivity index (χ3n) is 4.01. The average Bonchev–Trinajstić information content (AvgIpc) is 3.06. The molecule has 2 atom stereocenters. The first-order valence-corrected chi connectivity index (χ1v) is 7.21. The molecule has 0 aromatic carbocycles. The molecule has 2 N–H and O–H groups in total. The Bertz CT molecular complexity index is 391. The summed E-state index contributed by atoms with van der Waals surface area (Å²) < 4.78 is 0. The van der Waals surface area contributed by atoms with E-state index in [0.717, 1.165) is 19.6 Å². The van der Waals surface area contributed by atoms with Crippen LogP contribution in [0, 0.1) is 5.92 Å². The van der Waals surface area contributed by atoms with Crippen LogP contribution in [0.25, 0.3) is 0 Å². The largest absolute Gasteiger partial charge is 0.481 e. The second-order valence-corrected chi connectivity index (χ2v) is 5.59. The highest BCUT2D eigenvalue weighted by Gasteiger charge is 2.26. The van der Waals surface area contributed by atoms with Crippen molar-refractivity contribution in [1.82, 2.24) is 15.1 Å². The first-order chi connectivity index (χ1) is 9.56. The highest BCUT2D eigenvalue weighted by Crippen LogP contribution is 2.18. The van der Waals surface area contributed by atoms with Gasteiger partial charge in [0, 0.05) is 20.1 Å². The third kappa shape index (κ3) is 3.96. The molecule has 112 valence electrons. The molecule has 2 unspecified atom stereocenters. The maximum Gasteiger partial charge on any atom is 0.317 e. The van der Waals surface area contributed by atoms with Gasteiger partial charge in [0.25, 0.3) is 0 Å². The molecule has 20 heavy (non-hydrogen) atoms. The van der Waals surface area contributed by atoms with E-state index in [1.165, 1.54) is 12.8 Å². The summed E-state index contributed by atoms with van der Waals surface area (Å²) in [5.41, 5.74) is 0. The molecule has 6 nitrogen and oxygen atoms in total. The number of nitrogens with zero attached hydrogens (tertiary/aromatic N) is 2.